The summed E-state index contributed by atoms with van der Waals surface area (Å²) in [4.78, 5) is 18.0. The summed E-state index contributed by atoms with van der Waals surface area (Å²) in [6.07, 6.45) is 9.85. The fourth-order valence-electron chi connectivity index (χ4n) is 3.67. The largest absolute Gasteiger partial charge is 0.374 e. The summed E-state index contributed by atoms with van der Waals surface area (Å²) in [5.74, 6) is 0.826. The fourth-order valence-corrected chi connectivity index (χ4v) is 3.67. The van der Waals surface area contributed by atoms with Crippen molar-refractivity contribution in [1.82, 2.24) is 15.0 Å². The second kappa shape index (κ2) is 6.73. The van der Waals surface area contributed by atoms with Crippen molar-refractivity contribution in [2.45, 2.75) is 31.9 Å². The monoisotopic (exact) mass is 325 g/mol. The van der Waals surface area contributed by atoms with Gasteiger partial charge in [-0.05, 0) is 37.5 Å². The van der Waals surface area contributed by atoms with Crippen LogP contribution in [0.4, 0.5) is 11.6 Å². The summed E-state index contributed by atoms with van der Waals surface area (Å²) >= 11 is 0. The van der Waals surface area contributed by atoms with Gasteiger partial charge in [-0.3, -0.25) is 4.98 Å². The Labute approximate surface area is 142 Å². The van der Waals surface area contributed by atoms with Gasteiger partial charge < -0.3 is 14.5 Å². The van der Waals surface area contributed by atoms with Gasteiger partial charge in [-0.1, -0.05) is 0 Å². The number of hydrogen-bond donors (Lipinski definition) is 0. The van der Waals surface area contributed by atoms with E-state index in [2.05, 4.69) is 30.8 Å². The topological polar surface area (TPSA) is 54.4 Å². The van der Waals surface area contributed by atoms with Crippen molar-refractivity contribution in [3.05, 3.63) is 42.5 Å². The lowest BCUT2D eigenvalue weighted by Gasteiger charge is -2.41. The number of fused-ring (bicyclic) bond motifs is 1. The number of morpholine rings is 1. The minimum absolute atomic E-state index is 0.259. The van der Waals surface area contributed by atoms with Crippen LogP contribution in [0.3, 0.4) is 0 Å². The molecular formula is C18H23N5O. The Bertz CT molecular complexity index is 663. The molecule has 4 heterocycles. The van der Waals surface area contributed by atoms with Crippen molar-refractivity contribution in [1.29, 1.82) is 0 Å². The summed E-state index contributed by atoms with van der Waals surface area (Å²) in [6, 6.07) is 4.53. The van der Waals surface area contributed by atoms with Crippen molar-refractivity contribution in [2.24, 2.45) is 0 Å². The number of ether oxygens (including phenoxy) is 1. The molecule has 2 fully saturated rings. The molecule has 2 saturated heterocycles. The number of hydrogen-bond acceptors (Lipinski definition) is 6. The molecule has 6 nitrogen and oxygen atoms in total. The van der Waals surface area contributed by atoms with Crippen LogP contribution in [0.1, 0.15) is 18.4 Å². The van der Waals surface area contributed by atoms with Crippen molar-refractivity contribution in [3.63, 3.8) is 0 Å². The Kier molecular flexibility index (Phi) is 4.30. The average Bonchev–Trinajstić information content (AvgIpc) is 2.86. The van der Waals surface area contributed by atoms with Crippen molar-refractivity contribution in [2.75, 3.05) is 36.0 Å². The van der Waals surface area contributed by atoms with Gasteiger partial charge in [-0.15, -0.1) is 0 Å². The molecule has 0 radical (unpaired) electrons. The molecule has 24 heavy (non-hydrogen) atoms. The number of nitrogens with zero attached hydrogens (tertiary/aromatic N) is 5. The predicted octanol–water partition coefficient (Wildman–Crippen LogP) is 2.05. The van der Waals surface area contributed by atoms with Gasteiger partial charge in [0.2, 0.25) is 5.95 Å². The predicted molar refractivity (Wildman–Crippen MR) is 93.3 cm³/mol. The number of anilines is 2. The maximum Gasteiger partial charge on any atom is 0.225 e. The maximum atomic E-state index is 6.09. The van der Waals surface area contributed by atoms with Crippen LogP contribution >= 0.6 is 0 Å². The molecule has 0 N–H and O–H groups in total. The highest BCUT2D eigenvalue weighted by Gasteiger charge is 2.35. The molecule has 2 aromatic heterocycles. The molecular weight excluding hydrogens is 302 g/mol. The zero-order valence-corrected chi connectivity index (χ0v) is 14.0. The second-order valence-electron chi connectivity index (χ2n) is 6.51. The molecule has 0 amide bonds. The summed E-state index contributed by atoms with van der Waals surface area (Å²) in [5.41, 5.74) is 2.28. The van der Waals surface area contributed by atoms with Crippen molar-refractivity contribution in [3.8, 4) is 0 Å². The molecule has 2 unspecified atom stereocenters. The van der Waals surface area contributed by atoms with E-state index in [-0.39, 0.29) is 6.10 Å². The Morgan fingerprint density at radius 3 is 2.71 bits per heavy atom. The third-order valence-corrected chi connectivity index (χ3v) is 4.90. The van der Waals surface area contributed by atoms with Crippen LogP contribution in [-0.4, -0.2) is 53.3 Å². The zero-order chi connectivity index (χ0) is 16.4. The van der Waals surface area contributed by atoms with Gasteiger partial charge in [-0.2, -0.15) is 0 Å². The highest BCUT2D eigenvalue weighted by atomic mass is 16.5. The van der Waals surface area contributed by atoms with Gasteiger partial charge in [-0.25, -0.2) is 9.97 Å². The molecule has 2 atom stereocenters. The van der Waals surface area contributed by atoms with Crippen LogP contribution in [-0.2, 0) is 4.74 Å². The molecule has 0 spiro atoms. The Morgan fingerprint density at radius 2 is 1.92 bits per heavy atom. The molecule has 4 rings (SSSR count). The minimum atomic E-state index is 0.259. The maximum absolute atomic E-state index is 6.09. The van der Waals surface area contributed by atoms with Crippen LogP contribution in [0, 0.1) is 6.92 Å². The van der Waals surface area contributed by atoms with Crippen LogP contribution < -0.4 is 9.80 Å². The normalized spacial score (nSPS) is 24.4. The molecule has 0 aromatic carbocycles. The van der Waals surface area contributed by atoms with Crippen LogP contribution in [0.25, 0.3) is 0 Å². The summed E-state index contributed by atoms with van der Waals surface area (Å²) in [5, 5.41) is 0. The summed E-state index contributed by atoms with van der Waals surface area (Å²) in [6.45, 7) is 5.60. The van der Waals surface area contributed by atoms with E-state index in [1.54, 1.807) is 0 Å². The van der Waals surface area contributed by atoms with Crippen LogP contribution in [0.2, 0.25) is 0 Å². The third-order valence-electron chi connectivity index (χ3n) is 4.90. The zero-order valence-electron chi connectivity index (χ0n) is 14.0. The van der Waals surface area contributed by atoms with Gasteiger partial charge in [0.1, 0.15) is 0 Å². The quantitative estimate of drug-likeness (QED) is 0.842. The molecule has 2 aromatic rings. The Hall–Kier alpha value is -2.21. The first-order chi connectivity index (χ1) is 11.8. The Balaban J connectivity index is 1.52. The summed E-state index contributed by atoms with van der Waals surface area (Å²) in [7, 11) is 0. The number of rotatable bonds is 2. The first-order valence-electron chi connectivity index (χ1n) is 8.63. The van der Waals surface area contributed by atoms with Gasteiger partial charge in [0.05, 0.1) is 30.6 Å². The Morgan fingerprint density at radius 1 is 1.08 bits per heavy atom. The second-order valence-corrected chi connectivity index (χ2v) is 6.51. The van der Waals surface area contributed by atoms with E-state index in [9.17, 15) is 0 Å². The summed E-state index contributed by atoms with van der Waals surface area (Å²) < 4.78 is 6.09. The van der Waals surface area contributed by atoms with E-state index >= 15 is 0 Å². The van der Waals surface area contributed by atoms with Gasteiger partial charge >= 0.3 is 0 Å². The van der Waals surface area contributed by atoms with Gasteiger partial charge in [0.25, 0.3) is 0 Å². The number of aryl methyl sites for hydroxylation is 1. The molecule has 2 aliphatic heterocycles. The van der Waals surface area contributed by atoms with E-state index in [1.807, 2.05) is 37.8 Å². The SMILES string of the molecule is Cc1cnc(N2CCC3OCCN(c4cccnc4)C3CC2)nc1. The van der Waals surface area contributed by atoms with Crippen molar-refractivity contribution >= 4 is 11.6 Å². The standard InChI is InChI=1S/C18H23N5O/c1-14-11-20-18(21-12-14)22-7-4-16-17(5-8-22)24-10-9-23(16)15-3-2-6-19-13-15/h2-3,6,11-13,16-17H,4-5,7-10H2,1H3. The fraction of sp³-hybridized carbons (Fsp3) is 0.500. The average molecular weight is 325 g/mol. The van der Waals surface area contributed by atoms with Gasteiger partial charge in [0, 0.05) is 38.2 Å². The van der Waals surface area contributed by atoms with Crippen LogP contribution in [0.15, 0.2) is 36.9 Å². The van der Waals surface area contributed by atoms with E-state index in [0.29, 0.717) is 6.04 Å². The molecule has 0 saturated carbocycles. The van der Waals surface area contributed by atoms with Crippen molar-refractivity contribution < 1.29 is 4.74 Å². The lowest BCUT2D eigenvalue weighted by atomic mass is 10.0. The van der Waals surface area contributed by atoms with E-state index in [1.165, 1.54) is 5.69 Å². The highest BCUT2D eigenvalue weighted by molar-refractivity contribution is 5.46. The van der Waals surface area contributed by atoms with E-state index in [0.717, 1.165) is 50.6 Å². The van der Waals surface area contributed by atoms with E-state index < -0.39 is 0 Å². The van der Waals surface area contributed by atoms with Crippen LogP contribution in [0.5, 0.6) is 0 Å². The third kappa shape index (κ3) is 3.06. The number of aromatic nitrogens is 3. The molecule has 6 heteroatoms. The minimum Gasteiger partial charge on any atom is -0.374 e. The van der Waals surface area contributed by atoms with Gasteiger partial charge in [0.15, 0.2) is 0 Å². The molecule has 0 aliphatic carbocycles. The highest BCUT2D eigenvalue weighted by Crippen LogP contribution is 2.28. The number of pyridine rings is 1. The smallest absolute Gasteiger partial charge is 0.225 e. The first-order valence-corrected chi connectivity index (χ1v) is 8.63. The lowest BCUT2D eigenvalue weighted by molar-refractivity contribution is 0.0100. The molecule has 2 aliphatic rings. The van der Waals surface area contributed by atoms with E-state index in [4.69, 9.17) is 4.74 Å². The first kappa shape index (κ1) is 15.3. The molecule has 126 valence electrons. The molecule has 0 bridgehead atoms. The lowest BCUT2D eigenvalue weighted by Crippen LogP contribution is -2.51.